The van der Waals surface area contributed by atoms with Crippen molar-refractivity contribution in [2.75, 3.05) is 0 Å². The van der Waals surface area contributed by atoms with Crippen LogP contribution in [-0.4, -0.2) is 18.4 Å². The fraction of sp³-hybridized carbons (Fsp3) is 0.100. The SMILES string of the molecule is Cc1cc(N=C=O)c(C=O)c(N=C=O)c1. The van der Waals surface area contributed by atoms with Crippen molar-refractivity contribution >= 4 is 29.8 Å². The second-order valence-corrected chi connectivity index (χ2v) is 2.74. The second kappa shape index (κ2) is 4.77. The molecular formula is C10H6N2O3. The average Bonchev–Trinajstić information content (AvgIpc) is 2.18. The molecule has 15 heavy (non-hydrogen) atoms. The minimum Gasteiger partial charge on any atom is -0.298 e. The first kappa shape index (κ1) is 10.7. The number of benzene rings is 1. The van der Waals surface area contributed by atoms with Gasteiger partial charge in [-0.25, -0.2) is 9.59 Å². The Labute approximate surface area is 85.2 Å². The van der Waals surface area contributed by atoms with Crippen LogP contribution in [0, 0.1) is 6.92 Å². The molecule has 5 nitrogen and oxygen atoms in total. The predicted molar refractivity (Wildman–Crippen MR) is 52.1 cm³/mol. The van der Waals surface area contributed by atoms with Gasteiger partial charge in [-0.3, -0.25) is 4.79 Å². The molecular weight excluding hydrogens is 196 g/mol. The Morgan fingerprint density at radius 3 is 1.93 bits per heavy atom. The normalized spacial score (nSPS) is 8.60. The van der Waals surface area contributed by atoms with E-state index in [0.717, 1.165) is 5.56 Å². The Bertz CT molecular complexity index is 456. The van der Waals surface area contributed by atoms with E-state index in [0.29, 0.717) is 6.29 Å². The number of carbonyl (C=O) groups excluding carboxylic acids is 3. The molecule has 0 radical (unpaired) electrons. The smallest absolute Gasteiger partial charge is 0.240 e. The van der Waals surface area contributed by atoms with Crippen LogP contribution in [0.2, 0.25) is 0 Å². The van der Waals surface area contributed by atoms with Crippen molar-refractivity contribution in [3.63, 3.8) is 0 Å². The minimum absolute atomic E-state index is 0.0762. The maximum atomic E-state index is 10.7. The van der Waals surface area contributed by atoms with Crippen molar-refractivity contribution in [1.82, 2.24) is 0 Å². The molecule has 0 amide bonds. The molecule has 0 atom stereocenters. The number of rotatable bonds is 3. The zero-order valence-electron chi connectivity index (χ0n) is 7.85. The van der Waals surface area contributed by atoms with Gasteiger partial charge in [-0.15, -0.1) is 0 Å². The average molecular weight is 202 g/mol. The summed E-state index contributed by atoms with van der Waals surface area (Å²) in [5.41, 5.74) is 1.10. The van der Waals surface area contributed by atoms with Crippen molar-refractivity contribution in [2.45, 2.75) is 6.92 Å². The summed E-state index contributed by atoms with van der Waals surface area (Å²) in [6.07, 6.45) is 3.14. The van der Waals surface area contributed by atoms with Gasteiger partial charge in [-0.2, -0.15) is 9.98 Å². The molecule has 0 aliphatic carbocycles. The van der Waals surface area contributed by atoms with Crippen LogP contribution in [0.4, 0.5) is 11.4 Å². The Morgan fingerprint density at radius 1 is 1.13 bits per heavy atom. The third-order valence-corrected chi connectivity index (χ3v) is 1.73. The van der Waals surface area contributed by atoms with Crippen LogP contribution in [0.5, 0.6) is 0 Å². The van der Waals surface area contributed by atoms with E-state index in [2.05, 4.69) is 9.98 Å². The summed E-state index contributed by atoms with van der Waals surface area (Å²) < 4.78 is 0. The quantitative estimate of drug-likeness (QED) is 0.425. The first-order chi connectivity index (χ1) is 7.22. The molecule has 74 valence electrons. The molecule has 1 aromatic rings. The lowest BCUT2D eigenvalue weighted by molar-refractivity contribution is 0.112. The summed E-state index contributed by atoms with van der Waals surface area (Å²) >= 11 is 0. The van der Waals surface area contributed by atoms with E-state index in [1.807, 2.05) is 0 Å². The predicted octanol–water partition coefficient (Wildman–Crippen LogP) is 1.74. The number of aryl methyl sites for hydroxylation is 1. The summed E-state index contributed by atoms with van der Waals surface area (Å²) in [6, 6.07) is 3.05. The van der Waals surface area contributed by atoms with Crippen LogP contribution in [0.3, 0.4) is 0 Å². The van der Waals surface area contributed by atoms with Gasteiger partial charge in [-0.05, 0) is 24.6 Å². The van der Waals surface area contributed by atoms with E-state index in [9.17, 15) is 14.4 Å². The fourth-order valence-corrected chi connectivity index (χ4v) is 1.16. The first-order valence-electron chi connectivity index (χ1n) is 3.98. The van der Waals surface area contributed by atoms with Crippen molar-refractivity contribution in [3.8, 4) is 0 Å². The molecule has 5 heteroatoms. The third-order valence-electron chi connectivity index (χ3n) is 1.73. The Balaban J connectivity index is 3.57. The molecule has 1 aromatic carbocycles. The largest absolute Gasteiger partial charge is 0.298 e. The third kappa shape index (κ3) is 2.31. The first-order valence-corrected chi connectivity index (χ1v) is 3.98. The van der Waals surface area contributed by atoms with Crippen LogP contribution < -0.4 is 0 Å². The zero-order valence-corrected chi connectivity index (χ0v) is 7.85. The highest BCUT2D eigenvalue weighted by Gasteiger charge is 2.08. The number of hydrogen-bond donors (Lipinski definition) is 0. The van der Waals surface area contributed by atoms with Gasteiger partial charge in [0.05, 0.1) is 16.9 Å². The number of carbonyl (C=O) groups is 1. The number of hydrogen-bond acceptors (Lipinski definition) is 5. The van der Waals surface area contributed by atoms with E-state index in [1.165, 1.54) is 24.3 Å². The molecule has 0 heterocycles. The number of nitrogens with zero attached hydrogens (tertiary/aromatic N) is 2. The molecule has 1 rings (SSSR count). The van der Waals surface area contributed by atoms with Gasteiger partial charge in [0.15, 0.2) is 6.29 Å². The van der Waals surface area contributed by atoms with Gasteiger partial charge in [0, 0.05) is 0 Å². The summed E-state index contributed by atoms with van der Waals surface area (Å²) in [6.45, 7) is 1.72. The highest BCUT2D eigenvalue weighted by atomic mass is 16.1. The molecule has 0 spiro atoms. The Kier molecular flexibility index (Phi) is 3.41. The summed E-state index contributed by atoms with van der Waals surface area (Å²) in [4.78, 5) is 37.7. The van der Waals surface area contributed by atoms with Gasteiger partial charge >= 0.3 is 0 Å². The van der Waals surface area contributed by atoms with Gasteiger partial charge in [0.25, 0.3) is 0 Å². The molecule has 0 saturated heterocycles. The van der Waals surface area contributed by atoms with E-state index < -0.39 is 0 Å². The molecule has 0 aliphatic heterocycles. The molecule has 0 N–H and O–H groups in total. The summed E-state index contributed by atoms with van der Waals surface area (Å²) in [5, 5.41) is 0. The van der Waals surface area contributed by atoms with E-state index >= 15 is 0 Å². The van der Waals surface area contributed by atoms with E-state index in [4.69, 9.17) is 0 Å². The molecule has 0 aromatic heterocycles. The highest BCUT2D eigenvalue weighted by molar-refractivity contribution is 5.91. The fourth-order valence-electron chi connectivity index (χ4n) is 1.16. The lowest BCUT2D eigenvalue weighted by atomic mass is 10.1. The minimum atomic E-state index is 0.0762. The topological polar surface area (TPSA) is 75.9 Å². The Hall–Kier alpha value is -2.35. The molecule has 0 saturated carbocycles. The van der Waals surface area contributed by atoms with Gasteiger partial charge < -0.3 is 0 Å². The maximum Gasteiger partial charge on any atom is 0.240 e. The van der Waals surface area contributed by atoms with Gasteiger partial charge in [-0.1, -0.05) is 0 Å². The zero-order chi connectivity index (χ0) is 11.3. The number of aliphatic imine (C=N–C) groups is 2. The highest BCUT2D eigenvalue weighted by Crippen LogP contribution is 2.28. The number of aldehydes is 1. The lowest BCUT2D eigenvalue weighted by Gasteiger charge is -2.02. The molecule has 0 bridgehead atoms. The van der Waals surface area contributed by atoms with Crippen molar-refractivity contribution in [3.05, 3.63) is 23.3 Å². The Morgan fingerprint density at radius 2 is 1.60 bits per heavy atom. The van der Waals surface area contributed by atoms with Crippen LogP contribution in [-0.2, 0) is 9.59 Å². The monoisotopic (exact) mass is 202 g/mol. The van der Waals surface area contributed by atoms with Crippen molar-refractivity contribution < 1.29 is 14.4 Å². The van der Waals surface area contributed by atoms with Gasteiger partial charge in [0.1, 0.15) is 0 Å². The molecule has 0 fully saturated rings. The summed E-state index contributed by atoms with van der Waals surface area (Å²) in [5.74, 6) is 0. The van der Waals surface area contributed by atoms with E-state index in [1.54, 1.807) is 6.92 Å². The van der Waals surface area contributed by atoms with Crippen molar-refractivity contribution in [1.29, 1.82) is 0 Å². The van der Waals surface area contributed by atoms with Crippen molar-refractivity contribution in [2.24, 2.45) is 9.98 Å². The van der Waals surface area contributed by atoms with Crippen LogP contribution in [0.15, 0.2) is 22.1 Å². The molecule has 0 unspecified atom stereocenters. The molecule has 0 aliphatic rings. The second-order valence-electron chi connectivity index (χ2n) is 2.74. The van der Waals surface area contributed by atoms with Gasteiger partial charge in [0.2, 0.25) is 12.2 Å². The summed E-state index contributed by atoms with van der Waals surface area (Å²) in [7, 11) is 0. The van der Waals surface area contributed by atoms with Crippen LogP contribution in [0.25, 0.3) is 0 Å². The van der Waals surface area contributed by atoms with Crippen LogP contribution >= 0.6 is 0 Å². The van der Waals surface area contributed by atoms with E-state index in [-0.39, 0.29) is 16.9 Å². The van der Waals surface area contributed by atoms with Crippen LogP contribution in [0.1, 0.15) is 15.9 Å². The standard InChI is InChI=1S/C10H6N2O3/c1-7-2-9(11-5-14)8(4-13)10(3-7)12-6-15/h2-4H,1H3. The number of isocyanates is 2. The maximum absolute atomic E-state index is 10.7. The lowest BCUT2D eigenvalue weighted by Crippen LogP contribution is -1.85.